The smallest absolute Gasteiger partial charge is 0.348 e. The van der Waals surface area contributed by atoms with Crippen LogP contribution in [0, 0.1) is 0 Å². The molecule has 2 rings (SSSR count). The van der Waals surface area contributed by atoms with Crippen molar-refractivity contribution in [3.05, 3.63) is 40.8 Å². The zero-order chi connectivity index (χ0) is 12.3. The van der Waals surface area contributed by atoms with Crippen molar-refractivity contribution in [1.29, 1.82) is 0 Å². The minimum absolute atomic E-state index is 0.175. The minimum Gasteiger partial charge on any atom is -0.508 e. The van der Waals surface area contributed by atoms with Crippen molar-refractivity contribution in [2.24, 2.45) is 0 Å². The molecule has 1 aromatic carbocycles. The van der Waals surface area contributed by atoms with Gasteiger partial charge in [-0.3, -0.25) is 15.8 Å². The largest absolute Gasteiger partial charge is 0.508 e. The second-order valence-corrected chi connectivity index (χ2v) is 3.32. The third-order valence-corrected chi connectivity index (χ3v) is 1.97. The standard InChI is InChI=1S/C10H11N5O2/c11-8-5-9(13-10(17)12-8)15-14-6-1-3-7(16)4-2-6/h1-5,14,16H,(H4,11,12,13,15,17). The van der Waals surface area contributed by atoms with E-state index in [0.29, 0.717) is 11.5 Å². The number of hydrazine groups is 1. The minimum atomic E-state index is -0.528. The Kier molecular flexibility index (Phi) is 2.82. The Morgan fingerprint density at radius 2 is 1.94 bits per heavy atom. The van der Waals surface area contributed by atoms with Crippen LogP contribution in [-0.4, -0.2) is 15.1 Å². The summed E-state index contributed by atoms with van der Waals surface area (Å²) in [5.41, 5.74) is 11.2. The van der Waals surface area contributed by atoms with Crippen LogP contribution in [-0.2, 0) is 0 Å². The van der Waals surface area contributed by atoms with Gasteiger partial charge in [-0.1, -0.05) is 0 Å². The van der Waals surface area contributed by atoms with Gasteiger partial charge in [0, 0.05) is 6.07 Å². The van der Waals surface area contributed by atoms with Crippen molar-refractivity contribution in [3.63, 3.8) is 0 Å². The van der Waals surface area contributed by atoms with Gasteiger partial charge in [0.2, 0.25) is 0 Å². The van der Waals surface area contributed by atoms with E-state index in [1.165, 1.54) is 18.2 Å². The molecule has 88 valence electrons. The first-order chi connectivity index (χ1) is 8.13. The summed E-state index contributed by atoms with van der Waals surface area (Å²) in [6.07, 6.45) is 0. The van der Waals surface area contributed by atoms with Crippen LogP contribution in [0.2, 0.25) is 0 Å². The highest BCUT2D eigenvalue weighted by Crippen LogP contribution is 2.13. The van der Waals surface area contributed by atoms with Gasteiger partial charge in [0.25, 0.3) is 0 Å². The average molecular weight is 233 g/mol. The van der Waals surface area contributed by atoms with Crippen molar-refractivity contribution in [2.45, 2.75) is 0 Å². The summed E-state index contributed by atoms with van der Waals surface area (Å²) in [5, 5.41) is 9.09. The lowest BCUT2D eigenvalue weighted by Gasteiger charge is -2.08. The van der Waals surface area contributed by atoms with E-state index in [-0.39, 0.29) is 11.6 Å². The number of nitrogens with two attached hydrogens (primary N) is 1. The molecule has 0 aliphatic carbocycles. The first-order valence-electron chi connectivity index (χ1n) is 4.81. The number of benzene rings is 1. The molecule has 0 atom stereocenters. The highest BCUT2D eigenvalue weighted by atomic mass is 16.3. The van der Waals surface area contributed by atoms with Crippen molar-refractivity contribution in [1.82, 2.24) is 9.97 Å². The Bertz CT molecular complexity index is 564. The van der Waals surface area contributed by atoms with Gasteiger partial charge in [0.05, 0.1) is 5.69 Å². The van der Waals surface area contributed by atoms with Crippen LogP contribution >= 0.6 is 0 Å². The van der Waals surface area contributed by atoms with Crippen molar-refractivity contribution in [3.8, 4) is 5.75 Å². The van der Waals surface area contributed by atoms with E-state index in [9.17, 15) is 4.79 Å². The third kappa shape index (κ3) is 2.88. The first kappa shape index (κ1) is 10.8. The second kappa shape index (κ2) is 4.44. The van der Waals surface area contributed by atoms with Gasteiger partial charge < -0.3 is 10.8 Å². The van der Waals surface area contributed by atoms with Gasteiger partial charge in [-0.05, 0) is 24.3 Å². The fourth-order valence-corrected chi connectivity index (χ4v) is 1.22. The number of nitrogens with one attached hydrogen (secondary N) is 3. The Hall–Kier alpha value is -2.70. The van der Waals surface area contributed by atoms with E-state index in [1.807, 2.05) is 0 Å². The predicted molar refractivity (Wildman–Crippen MR) is 64.6 cm³/mol. The lowest BCUT2D eigenvalue weighted by Crippen LogP contribution is -2.18. The zero-order valence-corrected chi connectivity index (χ0v) is 8.77. The van der Waals surface area contributed by atoms with Gasteiger partial charge in [0.15, 0.2) is 5.82 Å². The number of aromatic amines is 1. The maximum Gasteiger partial charge on any atom is 0.348 e. The molecule has 0 saturated carbocycles. The second-order valence-electron chi connectivity index (χ2n) is 3.32. The fraction of sp³-hybridized carbons (Fsp3) is 0. The lowest BCUT2D eigenvalue weighted by atomic mass is 10.3. The van der Waals surface area contributed by atoms with E-state index < -0.39 is 5.69 Å². The number of rotatable bonds is 3. The molecular weight excluding hydrogens is 222 g/mol. The first-order valence-corrected chi connectivity index (χ1v) is 4.81. The molecule has 0 aliphatic rings. The van der Waals surface area contributed by atoms with Crippen molar-refractivity contribution < 1.29 is 5.11 Å². The topological polar surface area (TPSA) is 116 Å². The number of hydrogen-bond donors (Lipinski definition) is 5. The number of phenolic OH excluding ortho intramolecular Hbond substituents is 1. The Morgan fingerprint density at radius 3 is 2.59 bits per heavy atom. The van der Waals surface area contributed by atoms with Gasteiger partial charge >= 0.3 is 5.69 Å². The Balaban J connectivity index is 2.07. The molecule has 2 aromatic rings. The zero-order valence-electron chi connectivity index (χ0n) is 8.77. The molecule has 7 heteroatoms. The number of aromatic hydroxyl groups is 1. The van der Waals surface area contributed by atoms with Crippen LogP contribution in [0.15, 0.2) is 35.1 Å². The van der Waals surface area contributed by atoms with Crippen LogP contribution in [0.5, 0.6) is 5.75 Å². The van der Waals surface area contributed by atoms with E-state index in [1.54, 1.807) is 12.1 Å². The van der Waals surface area contributed by atoms with Gasteiger partial charge in [-0.15, -0.1) is 0 Å². The summed E-state index contributed by atoms with van der Waals surface area (Å²) in [6, 6.07) is 7.87. The fourth-order valence-electron chi connectivity index (χ4n) is 1.22. The number of anilines is 3. The van der Waals surface area contributed by atoms with E-state index in [0.717, 1.165) is 0 Å². The number of hydrogen-bond acceptors (Lipinski definition) is 6. The lowest BCUT2D eigenvalue weighted by molar-refractivity contribution is 0.475. The highest BCUT2D eigenvalue weighted by molar-refractivity contribution is 5.52. The SMILES string of the molecule is Nc1cc(NNc2ccc(O)cc2)nc(=O)[nH]1. The molecule has 7 nitrogen and oxygen atoms in total. The molecule has 1 aromatic heterocycles. The quantitative estimate of drug-likeness (QED) is 0.389. The van der Waals surface area contributed by atoms with Gasteiger partial charge in [-0.2, -0.15) is 4.98 Å². The molecule has 1 heterocycles. The number of H-pyrrole nitrogens is 1. The molecule has 17 heavy (non-hydrogen) atoms. The van der Waals surface area contributed by atoms with Crippen LogP contribution in [0.1, 0.15) is 0 Å². The molecular formula is C10H11N5O2. The summed E-state index contributed by atoms with van der Waals surface area (Å²) >= 11 is 0. The molecule has 0 fully saturated rings. The molecule has 0 radical (unpaired) electrons. The predicted octanol–water partition coefficient (Wildman–Crippen LogP) is 0.497. The molecule has 0 unspecified atom stereocenters. The summed E-state index contributed by atoms with van der Waals surface area (Å²) in [6.45, 7) is 0. The van der Waals surface area contributed by atoms with E-state index in [4.69, 9.17) is 10.8 Å². The van der Waals surface area contributed by atoms with Crippen molar-refractivity contribution >= 4 is 17.3 Å². The molecule has 6 N–H and O–H groups in total. The van der Waals surface area contributed by atoms with Crippen molar-refractivity contribution in [2.75, 3.05) is 16.6 Å². The van der Waals surface area contributed by atoms with Crippen LogP contribution in [0.3, 0.4) is 0 Å². The molecule has 0 bridgehead atoms. The maximum atomic E-state index is 11.0. The molecule has 0 aliphatic heterocycles. The monoisotopic (exact) mass is 233 g/mol. The molecule has 0 saturated heterocycles. The molecule has 0 amide bonds. The number of nitrogens with zero attached hydrogens (tertiary/aromatic N) is 1. The van der Waals surface area contributed by atoms with Crippen LogP contribution < -0.4 is 22.3 Å². The normalized spacial score (nSPS) is 9.88. The van der Waals surface area contributed by atoms with Gasteiger partial charge in [0.1, 0.15) is 11.6 Å². The average Bonchev–Trinajstić information content (AvgIpc) is 2.27. The summed E-state index contributed by atoms with van der Waals surface area (Å²) in [7, 11) is 0. The number of nitrogen functional groups attached to an aromatic ring is 1. The van der Waals surface area contributed by atoms with Gasteiger partial charge in [-0.25, -0.2) is 4.79 Å². The number of phenols is 1. The van der Waals surface area contributed by atoms with Crippen LogP contribution in [0.4, 0.5) is 17.3 Å². The Labute approximate surface area is 96.3 Å². The Morgan fingerprint density at radius 1 is 1.24 bits per heavy atom. The van der Waals surface area contributed by atoms with Crippen LogP contribution in [0.25, 0.3) is 0 Å². The van der Waals surface area contributed by atoms with E-state index >= 15 is 0 Å². The highest BCUT2D eigenvalue weighted by Gasteiger charge is 1.97. The van der Waals surface area contributed by atoms with E-state index in [2.05, 4.69) is 20.8 Å². The summed E-state index contributed by atoms with van der Waals surface area (Å²) in [5.74, 6) is 0.702. The summed E-state index contributed by atoms with van der Waals surface area (Å²) in [4.78, 5) is 17.0. The summed E-state index contributed by atoms with van der Waals surface area (Å²) < 4.78 is 0. The maximum absolute atomic E-state index is 11.0. The number of aromatic nitrogens is 2. The molecule has 0 spiro atoms. The third-order valence-electron chi connectivity index (χ3n) is 1.97.